The Morgan fingerprint density at radius 2 is 1.89 bits per heavy atom. The van der Waals surface area contributed by atoms with E-state index in [2.05, 4.69) is 66.4 Å². The van der Waals surface area contributed by atoms with Gasteiger partial charge in [0, 0.05) is 55.7 Å². The molecule has 7 nitrogen and oxygen atoms in total. The normalized spacial score (nSPS) is 15.7. The van der Waals surface area contributed by atoms with Crippen LogP contribution in [0.15, 0.2) is 60.7 Å². The molecule has 1 atom stereocenters. The molecule has 2 aromatic carbocycles. The summed E-state index contributed by atoms with van der Waals surface area (Å²) in [6.07, 6.45) is 8.90. The molecule has 250 valence electrons. The number of amides is 2. The van der Waals surface area contributed by atoms with E-state index in [1.807, 2.05) is 26.0 Å². The summed E-state index contributed by atoms with van der Waals surface area (Å²) >= 11 is 0. The van der Waals surface area contributed by atoms with Crippen LogP contribution in [-0.4, -0.2) is 60.1 Å². The second kappa shape index (κ2) is 16.1. The van der Waals surface area contributed by atoms with E-state index in [1.54, 1.807) is 7.05 Å². The van der Waals surface area contributed by atoms with Gasteiger partial charge < -0.3 is 21.1 Å². The average molecular weight is 637 g/mol. The van der Waals surface area contributed by atoms with Gasteiger partial charge in [-0.05, 0) is 81.4 Å². The summed E-state index contributed by atoms with van der Waals surface area (Å²) in [7, 11) is 1.58. The summed E-state index contributed by atoms with van der Waals surface area (Å²) in [6.45, 7) is 15.1. The number of likely N-dealkylation sites (tertiary alicyclic amines) is 1. The van der Waals surface area contributed by atoms with Crippen molar-refractivity contribution in [1.29, 1.82) is 0 Å². The molecule has 0 spiro atoms. The Morgan fingerprint density at radius 3 is 2.50 bits per heavy atom. The Labute approximate surface area is 272 Å². The van der Waals surface area contributed by atoms with Crippen molar-refractivity contribution in [1.82, 2.24) is 20.9 Å². The Balaban J connectivity index is 1.85. The van der Waals surface area contributed by atoms with Gasteiger partial charge in [0.1, 0.15) is 11.6 Å². The predicted molar refractivity (Wildman–Crippen MR) is 182 cm³/mol. The van der Waals surface area contributed by atoms with Gasteiger partial charge in [-0.25, -0.2) is 8.78 Å². The Morgan fingerprint density at radius 1 is 1.17 bits per heavy atom. The van der Waals surface area contributed by atoms with Crippen molar-refractivity contribution in [2.75, 3.05) is 26.7 Å². The number of aliphatic hydroxyl groups is 1. The molecular weight excluding hydrogens is 586 g/mol. The van der Waals surface area contributed by atoms with Crippen LogP contribution >= 0.6 is 0 Å². The van der Waals surface area contributed by atoms with Gasteiger partial charge in [-0.2, -0.15) is 0 Å². The highest BCUT2D eigenvalue weighted by Crippen LogP contribution is 2.32. The first-order valence-corrected chi connectivity index (χ1v) is 16.1. The maximum absolute atomic E-state index is 14.5. The molecule has 9 heteroatoms. The summed E-state index contributed by atoms with van der Waals surface area (Å²) in [5, 5.41) is 18.5. The second-order valence-corrected chi connectivity index (χ2v) is 12.7. The maximum Gasteiger partial charge on any atom is 0.251 e. The van der Waals surface area contributed by atoms with Crippen molar-refractivity contribution < 1.29 is 23.5 Å². The number of hydrogen-bond donors (Lipinski definition) is 4. The van der Waals surface area contributed by atoms with Gasteiger partial charge in [-0.1, -0.05) is 50.8 Å². The van der Waals surface area contributed by atoms with E-state index in [1.165, 1.54) is 12.1 Å². The summed E-state index contributed by atoms with van der Waals surface area (Å²) in [4.78, 5) is 29.5. The highest BCUT2D eigenvalue weighted by atomic mass is 19.1. The largest absolute Gasteiger partial charge is 0.396 e. The number of aryl methyl sites for hydroxylation is 1. The zero-order valence-corrected chi connectivity index (χ0v) is 28.1. The van der Waals surface area contributed by atoms with E-state index < -0.39 is 28.6 Å². The van der Waals surface area contributed by atoms with Crippen LogP contribution in [-0.2, 0) is 15.1 Å². The number of nitrogens with one attached hydrogen (secondary N) is 3. The monoisotopic (exact) mass is 636 g/mol. The molecule has 1 fully saturated rings. The van der Waals surface area contributed by atoms with Crippen LogP contribution < -0.4 is 16.0 Å². The third-order valence-electron chi connectivity index (χ3n) is 8.64. The van der Waals surface area contributed by atoms with Gasteiger partial charge in [0.05, 0.1) is 17.5 Å². The van der Waals surface area contributed by atoms with Gasteiger partial charge in [0.15, 0.2) is 0 Å². The third-order valence-corrected chi connectivity index (χ3v) is 8.64. The number of carbonyl (C=O) groups excluding carboxylic acids is 2. The molecule has 3 rings (SSSR count). The molecule has 0 radical (unpaired) electrons. The minimum atomic E-state index is -0.862. The van der Waals surface area contributed by atoms with Crippen molar-refractivity contribution in [3.63, 3.8) is 0 Å². The van der Waals surface area contributed by atoms with Crippen molar-refractivity contribution in [3.8, 4) is 0 Å². The highest BCUT2D eigenvalue weighted by Gasteiger charge is 2.48. The van der Waals surface area contributed by atoms with Crippen molar-refractivity contribution in [2.45, 2.75) is 83.8 Å². The van der Waals surface area contributed by atoms with Crippen molar-refractivity contribution in [3.05, 3.63) is 94.6 Å². The van der Waals surface area contributed by atoms with Crippen LogP contribution in [0.5, 0.6) is 0 Å². The zero-order chi connectivity index (χ0) is 34.1. The molecule has 2 amide bonds. The third kappa shape index (κ3) is 9.13. The molecule has 0 aromatic heterocycles. The minimum Gasteiger partial charge on any atom is -0.396 e. The molecule has 4 N–H and O–H groups in total. The summed E-state index contributed by atoms with van der Waals surface area (Å²) in [5.74, 6) is -2.16. The molecule has 46 heavy (non-hydrogen) atoms. The van der Waals surface area contributed by atoms with Crippen molar-refractivity contribution >= 4 is 23.6 Å². The van der Waals surface area contributed by atoms with E-state index in [0.29, 0.717) is 19.5 Å². The van der Waals surface area contributed by atoms with Crippen LogP contribution in [0.3, 0.4) is 0 Å². The molecule has 0 bridgehead atoms. The predicted octanol–water partition coefficient (Wildman–Crippen LogP) is 5.98. The van der Waals surface area contributed by atoms with Gasteiger partial charge >= 0.3 is 0 Å². The van der Waals surface area contributed by atoms with Gasteiger partial charge in [0.25, 0.3) is 5.91 Å². The lowest BCUT2D eigenvalue weighted by Gasteiger charge is -2.53. The summed E-state index contributed by atoms with van der Waals surface area (Å²) in [5.41, 5.74) is 2.06. The topological polar surface area (TPSA) is 93.7 Å². The van der Waals surface area contributed by atoms with Gasteiger partial charge in [-0.3, -0.25) is 14.5 Å². The van der Waals surface area contributed by atoms with Crippen LogP contribution in [0, 0.1) is 18.6 Å². The first kappa shape index (κ1) is 36.6. The number of carbonyl (C=O) groups is 2. The first-order valence-electron chi connectivity index (χ1n) is 16.1. The number of rotatable bonds is 16. The van der Waals surface area contributed by atoms with Crippen molar-refractivity contribution in [2.24, 2.45) is 0 Å². The Kier molecular flexibility index (Phi) is 12.9. The summed E-state index contributed by atoms with van der Waals surface area (Å²) in [6, 6.07) is 9.49. The fourth-order valence-electron chi connectivity index (χ4n) is 6.20. The number of aliphatic hydroxyl groups excluding tert-OH is 1. The molecule has 0 saturated carbocycles. The van der Waals surface area contributed by atoms with E-state index in [4.69, 9.17) is 0 Å². The molecule has 1 aliphatic heterocycles. The van der Waals surface area contributed by atoms with E-state index in [9.17, 15) is 23.5 Å². The van der Waals surface area contributed by atoms with Gasteiger partial charge in [0.2, 0.25) is 5.91 Å². The zero-order valence-electron chi connectivity index (χ0n) is 28.1. The van der Waals surface area contributed by atoms with E-state index in [-0.39, 0.29) is 41.8 Å². The average Bonchev–Trinajstić information content (AvgIpc) is 2.98. The SMILES string of the molecule is C=C(/C=C(\NC)c1ccc(F)cc1F)C(=O)NC1(CC(=O)NC(C)(C)c2cccc(C)c2/C=C\CC)CN(C(CC)CCCO)C1. The van der Waals surface area contributed by atoms with Crippen LogP contribution in [0.25, 0.3) is 11.8 Å². The second-order valence-electron chi connectivity index (χ2n) is 12.7. The molecule has 1 saturated heterocycles. The van der Waals surface area contributed by atoms with Crippen LogP contribution in [0.4, 0.5) is 8.78 Å². The lowest BCUT2D eigenvalue weighted by Crippen LogP contribution is -2.73. The molecule has 2 aromatic rings. The molecular formula is C37H50F2N4O3. The lowest BCUT2D eigenvalue weighted by atomic mass is 9.82. The standard InChI is InChI=1S/C37H50F2N4O3/c1-8-10-15-29-25(3)13-11-16-31(29)36(5,6)41-34(45)22-37(23-43(24-37)28(9-2)14-12-19-44)42-35(46)26(4)20-33(40-7)30-18-17-27(38)21-32(30)39/h10-11,13,15-18,20-21,28,40,44H,4,8-9,12,14,19,22-24H2,1-3,5-7H3,(H,41,45)(H,42,46)/b15-10-,33-20-. The molecule has 1 unspecified atom stereocenters. The summed E-state index contributed by atoms with van der Waals surface area (Å²) < 4.78 is 28.0. The van der Waals surface area contributed by atoms with Crippen LogP contribution in [0.2, 0.25) is 0 Å². The first-order chi connectivity index (χ1) is 21.8. The Bertz CT molecular complexity index is 1460. The quantitative estimate of drug-likeness (QED) is 0.135. The fourth-order valence-corrected chi connectivity index (χ4v) is 6.20. The Hall–Kier alpha value is -3.82. The lowest BCUT2D eigenvalue weighted by molar-refractivity contribution is -0.130. The molecule has 1 aliphatic rings. The van der Waals surface area contributed by atoms with Crippen LogP contribution in [0.1, 0.15) is 82.1 Å². The maximum atomic E-state index is 14.5. The number of halogens is 2. The number of nitrogens with zero attached hydrogens (tertiary/aromatic N) is 1. The smallest absolute Gasteiger partial charge is 0.251 e. The van der Waals surface area contributed by atoms with E-state index in [0.717, 1.165) is 48.1 Å². The molecule has 0 aliphatic carbocycles. The number of allylic oxidation sites excluding steroid dienone is 1. The number of hydrogen-bond acceptors (Lipinski definition) is 5. The highest BCUT2D eigenvalue weighted by molar-refractivity contribution is 5.98. The fraction of sp³-hybridized carbons (Fsp3) is 0.459. The van der Waals surface area contributed by atoms with E-state index >= 15 is 0 Å². The molecule has 1 heterocycles. The van der Waals surface area contributed by atoms with Gasteiger partial charge in [-0.15, -0.1) is 0 Å². The number of benzene rings is 2. The minimum absolute atomic E-state index is 0.0452.